The number of Topliss-reactive ketones (excluding diaryl/α,β-unsaturated/α-hetero) is 1. The first-order valence-electron chi connectivity index (χ1n) is 8.96. The third kappa shape index (κ3) is 9.65. The zero-order chi connectivity index (χ0) is 19.8. The molecule has 4 nitrogen and oxygen atoms in total. The Balaban J connectivity index is 4.47. The van der Waals surface area contributed by atoms with E-state index in [1.165, 1.54) is 5.57 Å². The van der Waals surface area contributed by atoms with Crippen LogP contribution in [-0.2, 0) is 14.0 Å². The molecule has 0 aromatic carbocycles. The van der Waals surface area contributed by atoms with Gasteiger partial charge in [0.25, 0.3) is 0 Å². The number of halogens is 1. The van der Waals surface area contributed by atoms with Crippen molar-refractivity contribution in [3.63, 3.8) is 0 Å². The number of methoxy groups -OCH3 is 1. The Labute approximate surface area is 169 Å². The molecule has 0 saturated heterocycles. The van der Waals surface area contributed by atoms with Gasteiger partial charge in [0.15, 0.2) is 8.32 Å². The molecule has 3 atom stereocenters. The van der Waals surface area contributed by atoms with Crippen molar-refractivity contribution >= 4 is 36.7 Å². The molecule has 0 radical (unpaired) electrons. The molecule has 0 saturated carbocycles. The summed E-state index contributed by atoms with van der Waals surface area (Å²) in [6.45, 7) is 15.4. The first-order valence-corrected chi connectivity index (χ1v) is 13.1. The standard InChI is InChI=1S/C19H37IO4Si/c1-14(12-20)9-17(23-6)10-16(21)11-18(22)15(2)13-24-25(7,8)19(3,4)5/h12,15,17-18,22H,9-11,13H2,1-8H3/b14-12+/t15-,17-,18+/m1/s1. The van der Waals surface area contributed by atoms with Crippen molar-refractivity contribution in [3.8, 4) is 0 Å². The van der Waals surface area contributed by atoms with Crippen molar-refractivity contribution in [2.45, 2.75) is 84.2 Å². The molecule has 6 heteroatoms. The van der Waals surface area contributed by atoms with Gasteiger partial charge < -0.3 is 14.3 Å². The molecule has 1 N–H and O–H groups in total. The van der Waals surface area contributed by atoms with E-state index in [0.717, 1.165) is 6.42 Å². The summed E-state index contributed by atoms with van der Waals surface area (Å²) in [5.74, 6) is -0.0187. The highest BCUT2D eigenvalue weighted by Crippen LogP contribution is 2.36. The zero-order valence-electron chi connectivity index (χ0n) is 17.2. The Hall–Kier alpha value is 0.237. The van der Waals surface area contributed by atoms with E-state index < -0.39 is 14.4 Å². The van der Waals surface area contributed by atoms with E-state index in [-0.39, 0.29) is 29.3 Å². The van der Waals surface area contributed by atoms with Crippen LogP contribution in [0.2, 0.25) is 18.1 Å². The lowest BCUT2D eigenvalue weighted by Gasteiger charge is -2.37. The molecule has 0 aromatic heterocycles. The molecule has 0 aliphatic rings. The summed E-state index contributed by atoms with van der Waals surface area (Å²) in [4.78, 5) is 12.3. The summed E-state index contributed by atoms with van der Waals surface area (Å²) in [5.41, 5.74) is 1.19. The molecule has 0 bridgehead atoms. The predicted octanol–water partition coefficient (Wildman–Crippen LogP) is 5.10. The molecule has 0 amide bonds. The van der Waals surface area contributed by atoms with Crippen molar-refractivity contribution in [2.24, 2.45) is 5.92 Å². The molecule has 0 spiro atoms. The molecule has 0 fully saturated rings. The van der Waals surface area contributed by atoms with Crippen LogP contribution in [0.5, 0.6) is 0 Å². The van der Waals surface area contributed by atoms with Crippen LogP contribution < -0.4 is 0 Å². The van der Waals surface area contributed by atoms with Gasteiger partial charge in [-0.05, 0) is 35.6 Å². The van der Waals surface area contributed by atoms with Crippen LogP contribution in [0.25, 0.3) is 0 Å². The maximum absolute atomic E-state index is 12.3. The number of aliphatic hydroxyl groups is 1. The van der Waals surface area contributed by atoms with Crippen LogP contribution in [-0.4, -0.2) is 45.1 Å². The highest BCUT2D eigenvalue weighted by molar-refractivity contribution is 14.1. The maximum Gasteiger partial charge on any atom is 0.191 e. The van der Waals surface area contributed by atoms with Gasteiger partial charge in [0.05, 0.1) is 12.2 Å². The Bertz CT molecular complexity index is 443. The summed E-state index contributed by atoms with van der Waals surface area (Å²) in [6, 6.07) is 0. The number of rotatable bonds is 11. The fourth-order valence-corrected chi connectivity index (χ4v) is 3.45. The fraction of sp³-hybridized carbons (Fsp3) is 0.842. The van der Waals surface area contributed by atoms with E-state index in [1.807, 2.05) is 17.9 Å². The average molecular weight is 484 g/mol. The van der Waals surface area contributed by atoms with Gasteiger partial charge in [-0.1, -0.05) is 55.9 Å². The smallest absolute Gasteiger partial charge is 0.191 e. The third-order valence-electron chi connectivity index (χ3n) is 5.13. The number of carbonyl (C=O) groups excluding carboxylic acids is 1. The van der Waals surface area contributed by atoms with Gasteiger partial charge in [-0.25, -0.2) is 0 Å². The van der Waals surface area contributed by atoms with E-state index >= 15 is 0 Å². The summed E-state index contributed by atoms with van der Waals surface area (Å²) in [5, 5.41) is 10.5. The first-order chi connectivity index (χ1) is 11.3. The van der Waals surface area contributed by atoms with Crippen LogP contribution in [0.4, 0.5) is 0 Å². The van der Waals surface area contributed by atoms with Crippen LogP contribution >= 0.6 is 22.6 Å². The topological polar surface area (TPSA) is 55.8 Å². The van der Waals surface area contributed by atoms with Crippen molar-refractivity contribution in [3.05, 3.63) is 9.66 Å². The minimum Gasteiger partial charge on any atom is -0.416 e. The van der Waals surface area contributed by atoms with Crippen molar-refractivity contribution in [1.82, 2.24) is 0 Å². The number of hydrogen-bond donors (Lipinski definition) is 1. The quantitative estimate of drug-likeness (QED) is 0.328. The highest BCUT2D eigenvalue weighted by Gasteiger charge is 2.37. The maximum atomic E-state index is 12.3. The summed E-state index contributed by atoms with van der Waals surface area (Å²) >= 11 is 2.19. The van der Waals surface area contributed by atoms with E-state index in [1.54, 1.807) is 7.11 Å². The monoisotopic (exact) mass is 484 g/mol. The normalized spacial score (nSPS) is 17.3. The molecule has 148 valence electrons. The summed E-state index contributed by atoms with van der Waals surface area (Å²) in [6.07, 6.45) is 0.450. The Morgan fingerprint density at radius 1 is 1.24 bits per heavy atom. The number of aliphatic hydroxyl groups excluding tert-OH is 1. The third-order valence-corrected chi connectivity index (χ3v) is 10.7. The molecule has 0 unspecified atom stereocenters. The lowest BCUT2D eigenvalue weighted by atomic mass is 9.97. The molecule has 25 heavy (non-hydrogen) atoms. The van der Waals surface area contributed by atoms with E-state index in [2.05, 4.69) is 56.5 Å². The summed E-state index contributed by atoms with van der Waals surface area (Å²) in [7, 11) is -0.202. The van der Waals surface area contributed by atoms with Gasteiger partial charge in [-0.3, -0.25) is 4.79 Å². The lowest BCUT2D eigenvalue weighted by Crippen LogP contribution is -2.42. The SMILES string of the molecule is CO[C@@H](CC(=O)C[C@H](O)[C@H](C)CO[Si](C)(C)C(C)(C)C)C/C(C)=C/I. The number of hydrogen-bond acceptors (Lipinski definition) is 4. The number of ketones is 1. The van der Waals surface area contributed by atoms with Gasteiger partial charge in [-0.2, -0.15) is 0 Å². The zero-order valence-corrected chi connectivity index (χ0v) is 20.3. The van der Waals surface area contributed by atoms with Crippen molar-refractivity contribution in [2.75, 3.05) is 13.7 Å². The highest BCUT2D eigenvalue weighted by atomic mass is 127. The second kappa shape index (κ2) is 11.2. The molecule has 0 aromatic rings. The van der Waals surface area contributed by atoms with Gasteiger partial charge in [0, 0.05) is 32.5 Å². The van der Waals surface area contributed by atoms with Gasteiger partial charge in [0.2, 0.25) is 0 Å². The Morgan fingerprint density at radius 3 is 2.24 bits per heavy atom. The van der Waals surface area contributed by atoms with Crippen LogP contribution in [0.1, 0.15) is 53.9 Å². The van der Waals surface area contributed by atoms with Crippen molar-refractivity contribution < 1.29 is 19.1 Å². The Morgan fingerprint density at radius 2 is 1.80 bits per heavy atom. The lowest BCUT2D eigenvalue weighted by molar-refractivity contribution is -0.124. The fourth-order valence-electron chi connectivity index (χ4n) is 2.08. The van der Waals surface area contributed by atoms with Crippen LogP contribution in [0, 0.1) is 5.92 Å². The van der Waals surface area contributed by atoms with Crippen molar-refractivity contribution in [1.29, 1.82) is 0 Å². The largest absolute Gasteiger partial charge is 0.416 e. The van der Waals surface area contributed by atoms with Crippen LogP contribution in [0.15, 0.2) is 9.66 Å². The van der Waals surface area contributed by atoms with Crippen LogP contribution in [0.3, 0.4) is 0 Å². The molecule has 0 heterocycles. The summed E-state index contributed by atoms with van der Waals surface area (Å²) < 4.78 is 13.6. The second-order valence-corrected chi connectivity index (χ2v) is 14.0. The first kappa shape index (κ1) is 25.2. The number of carbonyl (C=O) groups is 1. The molecule has 0 aliphatic carbocycles. The average Bonchev–Trinajstić information content (AvgIpc) is 2.50. The molecular formula is C19H37IO4Si. The predicted molar refractivity (Wildman–Crippen MR) is 116 cm³/mol. The van der Waals surface area contributed by atoms with E-state index in [4.69, 9.17) is 9.16 Å². The van der Waals surface area contributed by atoms with Gasteiger partial charge in [-0.15, -0.1) is 0 Å². The van der Waals surface area contributed by atoms with E-state index in [0.29, 0.717) is 13.0 Å². The Kier molecular flexibility index (Phi) is 11.3. The number of ether oxygens (including phenoxy) is 1. The molecule has 0 aliphatic heterocycles. The molecular weight excluding hydrogens is 447 g/mol. The molecule has 0 rings (SSSR count). The minimum atomic E-state index is -1.83. The van der Waals surface area contributed by atoms with E-state index in [9.17, 15) is 9.90 Å². The van der Waals surface area contributed by atoms with Gasteiger partial charge >= 0.3 is 0 Å². The second-order valence-electron chi connectivity index (χ2n) is 8.58. The van der Waals surface area contributed by atoms with Gasteiger partial charge in [0.1, 0.15) is 5.78 Å². The minimum absolute atomic E-state index is 0.0415.